The van der Waals surface area contributed by atoms with E-state index in [-0.39, 0.29) is 47.2 Å². The van der Waals surface area contributed by atoms with E-state index in [1.807, 2.05) is 72.3 Å². The minimum absolute atomic E-state index is 0.0455. The van der Waals surface area contributed by atoms with Crippen LogP contribution in [0.1, 0.15) is 143 Å². The molecule has 3 aromatic heterocycles. The first-order chi connectivity index (χ1) is 41.2. The Balaban J connectivity index is 0.821. The standard InChI is InChI=1S/C67H103N11O7SSi/c1-46(44-83-12)72-63-70-40-55-56(43-77(60(55)73-63)52-26-28-53(79)29-27-52)50-22-20-49(21-23-50)41-75-36-34-74(35-37-75)31-16-15-17-32-76(64(82)84-66(6,7)8)33-30-68-59(65(3,4)5)62(81)78-42-54(85-87(13,14)67(9,10)11)38-57(78)61(80)69-39-48-18-24-51(25-19-48)58-47(2)71-45-86-58/h18-25,40,43,45-46,52-54,57,59,68,79H,15-17,26-39,41-42,44H2,1-14H3,(H,69,80)(H,70,72,73)/t46?,52?,53?,54?,57-,59+/m0/s1. The van der Waals surface area contributed by atoms with Crippen molar-refractivity contribution < 1.29 is 33.4 Å². The molecule has 0 radical (unpaired) electrons. The Hall–Kier alpha value is -5.32. The van der Waals surface area contributed by atoms with Gasteiger partial charge in [-0.1, -0.05) is 96.5 Å². The van der Waals surface area contributed by atoms with Crippen LogP contribution in [0.5, 0.6) is 0 Å². The number of likely N-dealkylation sites (tertiary alicyclic amines) is 1. The highest BCUT2D eigenvalue weighted by atomic mass is 32.1. The lowest BCUT2D eigenvalue weighted by atomic mass is 9.85. The number of fused-ring (bicyclic) bond motifs is 1. The first kappa shape index (κ1) is 67.6. The summed E-state index contributed by atoms with van der Waals surface area (Å²) in [7, 11) is -0.547. The molecule has 478 valence electrons. The van der Waals surface area contributed by atoms with Crippen LogP contribution in [0.3, 0.4) is 0 Å². The van der Waals surface area contributed by atoms with Crippen LogP contribution in [0, 0.1) is 12.3 Å². The smallest absolute Gasteiger partial charge is 0.410 e. The molecule has 4 atom stereocenters. The van der Waals surface area contributed by atoms with Crippen molar-refractivity contribution in [3.05, 3.63) is 83.3 Å². The van der Waals surface area contributed by atoms with E-state index in [2.05, 4.69) is 119 Å². The van der Waals surface area contributed by atoms with Gasteiger partial charge in [0, 0.05) is 114 Å². The molecule has 0 spiro atoms. The number of aliphatic hydroxyl groups is 1. The van der Waals surface area contributed by atoms with Gasteiger partial charge >= 0.3 is 6.09 Å². The normalized spacial score (nSPS) is 20.0. The number of nitrogens with zero attached hydrogens (tertiary/aromatic N) is 8. The molecule has 5 heterocycles. The van der Waals surface area contributed by atoms with E-state index in [4.69, 9.17) is 23.9 Å². The van der Waals surface area contributed by atoms with E-state index in [0.717, 1.165) is 128 Å². The number of rotatable bonds is 25. The van der Waals surface area contributed by atoms with Gasteiger partial charge in [-0.15, -0.1) is 11.3 Å². The highest BCUT2D eigenvalue weighted by Crippen LogP contribution is 2.40. The minimum atomic E-state index is -2.24. The number of hydrogen-bond donors (Lipinski definition) is 4. The van der Waals surface area contributed by atoms with Crippen molar-refractivity contribution in [3.63, 3.8) is 0 Å². The molecule has 20 heteroatoms. The fourth-order valence-corrected chi connectivity index (χ4v) is 14.2. The maximum atomic E-state index is 15.0. The number of hydrogen-bond acceptors (Lipinski definition) is 15. The molecular weight excluding hydrogens is 1130 g/mol. The second-order valence-corrected chi connectivity index (χ2v) is 34.0. The number of amides is 3. The molecule has 1 aliphatic carbocycles. The summed E-state index contributed by atoms with van der Waals surface area (Å²) in [6.45, 7) is 35.3. The van der Waals surface area contributed by atoms with Gasteiger partial charge in [0.25, 0.3) is 0 Å². The summed E-state index contributed by atoms with van der Waals surface area (Å²) in [6.07, 6.45) is 9.97. The van der Waals surface area contributed by atoms with Gasteiger partial charge < -0.3 is 54.2 Å². The summed E-state index contributed by atoms with van der Waals surface area (Å²) in [5, 5.41) is 21.4. The molecular formula is C67H103N11O7SSi. The highest BCUT2D eigenvalue weighted by Gasteiger charge is 2.48. The second kappa shape index (κ2) is 29.5. The number of benzene rings is 2. The molecule has 3 fully saturated rings. The highest BCUT2D eigenvalue weighted by molar-refractivity contribution is 7.13. The molecule has 2 aliphatic heterocycles. The fourth-order valence-electron chi connectivity index (χ4n) is 12.0. The van der Waals surface area contributed by atoms with Crippen LogP contribution >= 0.6 is 11.3 Å². The zero-order valence-electron chi connectivity index (χ0n) is 54.8. The van der Waals surface area contributed by atoms with E-state index < -0.39 is 31.4 Å². The van der Waals surface area contributed by atoms with Gasteiger partial charge in [-0.3, -0.25) is 14.5 Å². The van der Waals surface area contributed by atoms with Crippen LogP contribution in [0.15, 0.2) is 66.4 Å². The van der Waals surface area contributed by atoms with Gasteiger partial charge in [-0.25, -0.2) is 14.8 Å². The van der Waals surface area contributed by atoms with Gasteiger partial charge in [-0.2, -0.15) is 4.98 Å². The number of aromatic nitrogens is 4. The molecule has 3 aliphatic rings. The van der Waals surface area contributed by atoms with Crippen LogP contribution < -0.4 is 16.0 Å². The van der Waals surface area contributed by atoms with Crippen LogP contribution in [-0.4, -0.2) is 179 Å². The van der Waals surface area contributed by atoms with Crippen LogP contribution in [0.25, 0.3) is 32.6 Å². The van der Waals surface area contributed by atoms with Crippen molar-refractivity contribution in [2.75, 3.05) is 77.9 Å². The van der Waals surface area contributed by atoms with Gasteiger partial charge in [0.1, 0.15) is 17.3 Å². The third-order valence-corrected chi connectivity index (χ3v) is 23.5. The summed E-state index contributed by atoms with van der Waals surface area (Å²) < 4.78 is 20.5. The zero-order chi connectivity index (χ0) is 62.8. The molecule has 2 saturated heterocycles. The lowest BCUT2D eigenvalue weighted by molar-refractivity contribution is -0.142. The Morgan fingerprint density at radius 3 is 2.15 bits per heavy atom. The zero-order valence-corrected chi connectivity index (χ0v) is 56.7. The number of carbonyl (C=O) groups is 3. The molecule has 0 bridgehead atoms. The predicted molar refractivity (Wildman–Crippen MR) is 352 cm³/mol. The van der Waals surface area contributed by atoms with Gasteiger partial charge in [0.05, 0.1) is 40.9 Å². The van der Waals surface area contributed by atoms with Gasteiger partial charge in [-0.05, 0) is 125 Å². The molecule has 18 nitrogen and oxygen atoms in total. The lowest BCUT2D eigenvalue weighted by Crippen LogP contribution is -2.57. The number of carbonyl (C=O) groups excluding carboxylic acids is 3. The number of aliphatic hydroxyl groups excluding tert-OH is 1. The summed E-state index contributed by atoms with van der Waals surface area (Å²) in [6, 6.07) is 16.2. The summed E-state index contributed by atoms with van der Waals surface area (Å²) >= 11 is 1.61. The predicted octanol–water partition coefficient (Wildman–Crippen LogP) is 11.3. The maximum absolute atomic E-state index is 15.0. The lowest BCUT2D eigenvalue weighted by Gasteiger charge is -2.38. The first-order valence-electron chi connectivity index (χ1n) is 32.0. The maximum Gasteiger partial charge on any atom is 0.410 e. The number of aryl methyl sites for hydroxylation is 1. The molecule has 2 unspecified atom stereocenters. The Bertz CT molecular complexity index is 3030. The Morgan fingerprint density at radius 1 is 0.851 bits per heavy atom. The van der Waals surface area contributed by atoms with Crippen molar-refractivity contribution in [2.45, 2.75) is 201 Å². The average Bonchev–Trinajstić information content (AvgIpc) is 1.80. The number of anilines is 1. The Kier molecular flexibility index (Phi) is 23.0. The SMILES string of the molecule is COCC(C)Nc1ncc2c(-c3ccc(CN4CCN(CCCCCN(CCN[C@H](C(=O)N5CC(O[Si](C)(C)C(C)(C)C)C[C@H]5C(=O)NCc5ccc(-c6scnc6C)cc5)C(C)(C)C)C(=O)OC(C)(C)C)CC4)cc3)cn(C3CCC(O)CC3)c2n1. The summed E-state index contributed by atoms with van der Waals surface area (Å²) in [4.78, 5) is 67.0. The third-order valence-electron chi connectivity index (χ3n) is 18.0. The van der Waals surface area contributed by atoms with Crippen LogP contribution in [0.4, 0.5) is 10.7 Å². The van der Waals surface area contributed by atoms with E-state index in [9.17, 15) is 14.7 Å². The Morgan fingerprint density at radius 2 is 1.52 bits per heavy atom. The van der Waals surface area contributed by atoms with Crippen molar-refractivity contribution in [2.24, 2.45) is 5.41 Å². The molecule has 3 amide bonds. The number of methoxy groups -OCH3 is 1. The van der Waals surface area contributed by atoms with E-state index in [0.29, 0.717) is 51.7 Å². The molecule has 87 heavy (non-hydrogen) atoms. The summed E-state index contributed by atoms with van der Waals surface area (Å²) in [5.74, 6) is 0.250. The van der Waals surface area contributed by atoms with E-state index in [1.165, 1.54) is 5.56 Å². The average molecular weight is 1230 g/mol. The number of piperazine rings is 1. The Labute approximate surface area is 524 Å². The van der Waals surface area contributed by atoms with Gasteiger partial charge in [0.15, 0.2) is 8.32 Å². The minimum Gasteiger partial charge on any atom is -0.444 e. The molecule has 2 aromatic carbocycles. The van der Waals surface area contributed by atoms with Crippen molar-refractivity contribution >= 4 is 54.5 Å². The monoisotopic (exact) mass is 1230 g/mol. The number of thiazole rings is 1. The van der Waals surface area contributed by atoms with Crippen LogP contribution in [0.2, 0.25) is 18.1 Å². The fraction of sp³-hybridized carbons (Fsp3) is 0.642. The van der Waals surface area contributed by atoms with E-state index in [1.54, 1.807) is 28.2 Å². The topological polar surface area (TPSA) is 192 Å². The van der Waals surface area contributed by atoms with Crippen molar-refractivity contribution in [3.8, 4) is 21.6 Å². The molecule has 4 N–H and O–H groups in total. The third kappa shape index (κ3) is 18.4. The van der Waals surface area contributed by atoms with Gasteiger partial charge in [0.2, 0.25) is 17.8 Å². The summed E-state index contributed by atoms with van der Waals surface area (Å²) in [5.41, 5.74) is 8.20. The molecule has 8 rings (SSSR count). The number of unbranched alkanes of at least 4 members (excludes halogenated alkanes) is 2. The quantitative estimate of drug-likeness (QED) is 0.0319. The van der Waals surface area contributed by atoms with Crippen molar-refractivity contribution in [1.82, 2.24) is 49.8 Å². The number of ether oxygens (including phenoxy) is 2. The van der Waals surface area contributed by atoms with Crippen LogP contribution in [-0.2, 0) is 36.6 Å². The molecule has 5 aromatic rings. The molecule has 1 saturated carbocycles. The number of nitrogens with one attached hydrogen (secondary N) is 3. The van der Waals surface area contributed by atoms with Crippen molar-refractivity contribution in [1.29, 1.82) is 0 Å². The largest absolute Gasteiger partial charge is 0.444 e. The van der Waals surface area contributed by atoms with E-state index >= 15 is 4.79 Å². The second-order valence-electron chi connectivity index (χ2n) is 28.4. The first-order valence-corrected chi connectivity index (χ1v) is 35.8.